The normalized spacial score (nSPS) is 17.6. The largest absolute Gasteiger partial charge is 0.338 e. The lowest BCUT2D eigenvalue weighted by Gasteiger charge is -2.21. The van der Waals surface area contributed by atoms with Crippen LogP contribution in [0.5, 0.6) is 0 Å². The topological polar surface area (TPSA) is 63.5 Å². The minimum absolute atomic E-state index is 0.0195. The van der Waals surface area contributed by atoms with Crippen LogP contribution in [0.4, 0.5) is 5.69 Å². The van der Waals surface area contributed by atoms with Gasteiger partial charge in [-0.25, -0.2) is 0 Å². The first-order chi connectivity index (χ1) is 12.5. The molecule has 1 saturated heterocycles. The third-order valence-electron chi connectivity index (χ3n) is 4.61. The Balaban J connectivity index is 1.77. The van der Waals surface area contributed by atoms with Gasteiger partial charge in [-0.2, -0.15) is 11.8 Å². The molecule has 2 aromatic rings. The second-order valence-electron chi connectivity index (χ2n) is 6.17. The SMILES string of the molecule is Cc1c(C(=O)N2CCSC(c3ccccc3Cl)CC2)cccc1[N+](=O)[O-]. The third-order valence-corrected chi connectivity index (χ3v) is 6.27. The Morgan fingerprint density at radius 3 is 2.73 bits per heavy atom. The fourth-order valence-corrected chi connectivity index (χ4v) is 4.78. The van der Waals surface area contributed by atoms with E-state index in [1.165, 1.54) is 6.07 Å². The molecule has 5 nitrogen and oxygen atoms in total. The fourth-order valence-electron chi connectivity index (χ4n) is 3.18. The quantitative estimate of drug-likeness (QED) is 0.553. The molecular weight excluding hydrogens is 372 g/mol. The van der Waals surface area contributed by atoms with E-state index < -0.39 is 4.92 Å². The van der Waals surface area contributed by atoms with Gasteiger partial charge in [0.05, 0.1) is 4.92 Å². The summed E-state index contributed by atoms with van der Waals surface area (Å²) in [7, 11) is 0. The van der Waals surface area contributed by atoms with Crippen molar-refractivity contribution < 1.29 is 9.72 Å². The number of benzene rings is 2. The number of rotatable bonds is 3. The van der Waals surface area contributed by atoms with Crippen LogP contribution in [-0.2, 0) is 0 Å². The summed E-state index contributed by atoms with van der Waals surface area (Å²) in [5.74, 6) is 0.655. The van der Waals surface area contributed by atoms with Gasteiger partial charge in [-0.05, 0) is 31.0 Å². The number of carbonyl (C=O) groups is 1. The zero-order valence-corrected chi connectivity index (χ0v) is 15.9. The molecule has 0 bridgehead atoms. The zero-order chi connectivity index (χ0) is 18.7. The highest BCUT2D eigenvalue weighted by atomic mass is 35.5. The molecule has 0 radical (unpaired) electrons. The smallest absolute Gasteiger partial charge is 0.273 e. The number of nitro groups is 1. The van der Waals surface area contributed by atoms with Crippen molar-refractivity contribution in [2.24, 2.45) is 0 Å². The molecule has 7 heteroatoms. The average Bonchev–Trinajstić information content (AvgIpc) is 2.87. The number of nitro benzene ring substituents is 1. The first kappa shape index (κ1) is 18.7. The molecule has 0 N–H and O–H groups in total. The Bertz CT molecular complexity index is 843. The van der Waals surface area contributed by atoms with E-state index >= 15 is 0 Å². The van der Waals surface area contributed by atoms with Crippen LogP contribution >= 0.6 is 23.4 Å². The summed E-state index contributed by atoms with van der Waals surface area (Å²) in [6, 6.07) is 12.5. The summed E-state index contributed by atoms with van der Waals surface area (Å²) >= 11 is 8.11. The van der Waals surface area contributed by atoms with Crippen LogP contribution in [0.25, 0.3) is 0 Å². The van der Waals surface area contributed by atoms with Crippen LogP contribution in [0.2, 0.25) is 5.02 Å². The van der Waals surface area contributed by atoms with Crippen molar-refractivity contribution in [2.75, 3.05) is 18.8 Å². The van der Waals surface area contributed by atoms with Gasteiger partial charge in [0.25, 0.3) is 11.6 Å². The fraction of sp³-hybridized carbons (Fsp3) is 0.316. The maximum Gasteiger partial charge on any atom is 0.273 e. The van der Waals surface area contributed by atoms with Gasteiger partial charge in [-0.15, -0.1) is 0 Å². The first-order valence-electron chi connectivity index (χ1n) is 8.38. The molecule has 0 saturated carbocycles. The monoisotopic (exact) mass is 390 g/mol. The van der Waals surface area contributed by atoms with Gasteiger partial charge in [0.15, 0.2) is 0 Å². The standard InChI is InChI=1S/C19H19ClN2O3S/c1-13-14(6-4-8-17(13)22(24)25)19(23)21-10-9-18(26-12-11-21)15-5-2-3-7-16(15)20/h2-8,18H,9-12H2,1H3. The minimum atomic E-state index is -0.447. The van der Waals surface area contributed by atoms with E-state index in [-0.39, 0.29) is 16.8 Å². The Hall–Kier alpha value is -2.05. The number of halogens is 1. The van der Waals surface area contributed by atoms with Gasteiger partial charge >= 0.3 is 0 Å². The van der Waals surface area contributed by atoms with E-state index in [0.29, 0.717) is 24.2 Å². The molecule has 1 amide bonds. The highest BCUT2D eigenvalue weighted by Crippen LogP contribution is 2.38. The lowest BCUT2D eigenvalue weighted by molar-refractivity contribution is -0.385. The number of hydrogen-bond acceptors (Lipinski definition) is 4. The maximum absolute atomic E-state index is 12.9. The number of carbonyl (C=O) groups excluding carboxylic acids is 1. The van der Waals surface area contributed by atoms with Crippen molar-refractivity contribution >= 4 is 35.0 Å². The molecule has 2 aromatic carbocycles. The maximum atomic E-state index is 12.9. The van der Waals surface area contributed by atoms with Crippen LogP contribution in [0.3, 0.4) is 0 Å². The van der Waals surface area contributed by atoms with E-state index in [1.807, 2.05) is 24.3 Å². The summed E-state index contributed by atoms with van der Waals surface area (Å²) < 4.78 is 0. The minimum Gasteiger partial charge on any atom is -0.338 e. The number of nitrogens with zero attached hydrogens (tertiary/aromatic N) is 2. The predicted octanol–water partition coefficient (Wildman–Crippen LogP) is 4.88. The number of hydrogen-bond donors (Lipinski definition) is 0. The summed E-state index contributed by atoms with van der Waals surface area (Å²) in [5, 5.41) is 12.1. The van der Waals surface area contributed by atoms with Gasteiger partial charge < -0.3 is 4.90 Å². The van der Waals surface area contributed by atoms with Crippen molar-refractivity contribution in [1.29, 1.82) is 0 Å². The van der Waals surface area contributed by atoms with Crippen molar-refractivity contribution in [3.63, 3.8) is 0 Å². The Labute approximate surface area is 161 Å². The molecule has 136 valence electrons. The Kier molecular flexibility index (Phi) is 5.84. The average molecular weight is 391 g/mol. The van der Waals surface area contributed by atoms with E-state index in [9.17, 15) is 14.9 Å². The van der Waals surface area contributed by atoms with Gasteiger partial charge in [0.1, 0.15) is 0 Å². The van der Waals surface area contributed by atoms with Gasteiger partial charge in [0, 0.05) is 46.3 Å². The van der Waals surface area contributed by atoms with Crippen LogP contribution < -0.4 is 0 Å². The lowest BCUT2D eigenvalue weighted by atomic mass is 10.0. The van der Waals surface area contributed by atoms with E-state index in [4.69, 9.17) is 11.6 Å². The third kappa shape index (κ3) is 3.86. The van der Waals surface area contributed by atoms with E-state index in [0.717, 1.165) is 22.8 Å². The van der Waals surface area contributed by atoms with Crippen molar-refractivity contribution in [2.45, 2.75) is 18.6 Å². The predicted molar refractivity (Wildman–Crippen MR) is 105 cm³/mol. The highest BCUT2D eigenvalue weighted by Gasteiger charge is 2.26. The van der Waals surface area contributed by atoms with Gasteiger partial charge in [-0.1, -0.05) is 35.9 Å². The number of amides is 1. The molecular formula is C19H19ClN2O3S. The number of thioether (sulfide) groups is 1. The zero-order valence-electron chi connectivity index (χ0n) is 14.4. The first-order valence-corrected chi connectivity index (χ1v) is 9.81. The second-order valence-corrected chi connectivity index (χ2v) is 7.89. The molecule has 26 heavy (non-hydrogen) atoms. The highest BCUT2D eigenvalue weighted by molar-refractivity contribution is 7.99. The summed E-state index contributed by atoms with van der Waals surface area (Å²) in [4.78, 5) is 25.4. The molecule has 1 unspecified atom stereocenters. The lowest BCUT2D eigenvalue weighted by Crippen LogP contribution is -2.33. The van der Waals surface area contributed by atoms with Crippen molar-refractivity contribution in [3.05, 3.63) is 74.3 Å². The van der Waals surface area contributed by atoms with Crippen LogP contribution in [-0.4, -0.2) is 34.6 Å². The molecule has 3 rings (SSSR count). The molecule has 0 aromatic heterocycles. The molecule has 0 spiro atoms. The Morgan fingerprint density at radius 1 is 1.23 bits per heavy atom. The summed E-state index contributed by atoms with van der Waals surface area (Å²) in [6.45, 7) is 2.85. The van der Waals surface area contributed by atoms with E-state index in [1.54, 1.807) is 35.7 Å². The van der Waals surface area contributed by atoms with Gasteiger partial charge in [0.2, 0.25) is 0 Å². The molecule has 1 aliphatic heterocycles. The van der Waals surface area contributed by atoms with E-state index in [2.05, 4.69) is 0 Å². The second kappa shape index (κ2) is 8.10. The molecule has 1 heterocycles. The van der Waals surface area contributed by atoms with Crippen LogP contribution in [0.15, 0.2) is 42.5 Å². The molecule has 0 aliphatic carbocycles. The molecule has 1 atom stereocenters. The van der Waals surface area contributed by atoms with Gasteiger partial charge in [-0.3, -0.25) is 14.9 Å². The Morgan fingerprint density at radius 2 is 2.00 bits per heavy atom. The van der Waals surface area contributed by atoms with Crippen LogP contribution in [0, 0.1) is 17.0 Å². The molecule has 1 fully saturated rings. The molecule has 1 aliphatic rings. The van der Waals surface area contributed by atoms with Crippen molar-refractivity contribution in [3.8, 4) is 0 Å². The summed E-state index contributed by atoms with van der Waals surface area (Å²) in [5.41, 5.74) is 1.90. The summed E-state index contributed by atoms with van der Waals surface area (Å²) in [6.07, 6.45) is 0.800. The van der Waals surface area contributed by atoms with Crippen LogP contribution in [0.1, 0.15) is 33.2 Å². The van der Waals surface area contributed by atoms with Crippen molar-refractivity contribution in [1.82, 2.24) is 4.90 Å².